The summed E-state index contributed by atoms with van der Waals surface area (Å²) in [5.74, 6) is -0.265. The van der Waals surface area contributed by atoms with E-state index >= 15 is 0 Å². The van der Waals surface area contributed by atoms with E-state index in [0.29, 0.717) is 37.9 Å². The zero-order chi connectivity index (χ0) is 20.2. The highest BCUT2D eigenvalue weighted by Crippen LogP contribution is 2.71. The SMILES string of the molecule is NC(=O)c1c2c(cn(CCc3ccccc3)c1=O)CN(C(=O)C1CC13CC3)CC2. The van der Waals surface area contributed by atoms with E-state index in [4.69, 9.17) is 5.73 Å². The van der Waals surface area contributed by atoms with E-state index < -0.39 is 5.91 Å². The van der Waals surface area contributed by atoms with Crippen LogP contribution in [0.2, 0.25) is 0 Å². The van der Waals surface area contributed by atoms with Crippen molar-refractivity contribution in [3.05, 3.63) is 69.1 Å². The van der Waals surface area contributed by atoms with Gasteiger partial charge in [-0.25, -0.2) is 0 Å². The fourth-order valence-electron chi connectivity index (χ4n) is 4.84. The Morgan fingerprint density at radius 3 is 2.59 bits per heavy atom. The molecule has 1 unspecified atom stereocenters. The summed E-state index contributed by atoms with van der Waals surface area (Å²) < 4.78 is 1.58. The number of nitrogens with two attached hydrogens (primary N) is 1. The summed E-state index contributed by atoms with van der Waals surface area (Å²) in [5, 5.41) is 0. The average molecular weight is 391 g/mol. The molecule has 3 aliphatic rings. The second-order valence-corrected chi connectivity index (χ2v) is 8.74. The maximum absolute atomic E-state index is 12.9. The number of hydrogen-bond donors (Lipinski definition) is 1. The van der Waals surface area contributed by atoms with Crippen molar-refractivity contribution in [2.45, 2.75) is 45.2 Å². The average Bonchev–Trinajstić information content (AvgIpc) is 3.65. The number of benzene rings is 1. The van der Waals surface area contributed by atoms with E-state index in [-0.39, 0.29) is 22.9 Å². The number of rotatable bonds is 5. The first-order chi connectivity index (χ1) is 14.0. The number of carbonyl (C=O) groups is 2. The first-order valence-corrected chi connectivity index (χ1v) is 10.4. The van der Waals surface area contributed by atoms with Crippen LogP contribution in [-0.2, 0) is 30.7 Å². The van der Waals surface area contributed by atoms with Gasteiger partial charge in [0.1, 0.15) is 5.56 Å². The molecule has 2 heterocycles. The first kappa shape index (κ1) is 18.2. The molecular formula is C23H25N3O3. The standard InChI is InChI=1S/C23H25N3O3/c24-20(27)19-17-7-11-25(21(28)18-12-23(18)8-9-23)13-16(17)14-26(22(19)29)10-6-15-4-2-1-3-5-15/h1-5,14,18H,6-13H2,(H2,24,27). The van der Waals surface area contributed by atoms with Gasteiger partial charge in [0.2, 0.25) is 5.91 Å². The molecule has 6 heteroatoms. The minimum Gasteiger partial charge on any atom is -0.365 e. The van der Waals surface area contributed by atoms with Gasteiger partial charge in [0.15, 0.2) is 0 Å². The summed E-state index contributed by atoms with van der Waals surface area (Å²) in [5.41, 5.74) is 8.38. The van der Waals surface area contributed by atoms with Crippen molar-refractivity contribution in [1.29, 1.82) is 0 Å². The van der Waals surface area contributed by atoms with Crippen LogP contribution in [0.5, 0.6) is 0 Å². The number of nitrogens with zero attached hydrogens (tertiary/aromatic N) is 2. The minimum atomic E-state index is -0.681. The van der Waals surface area contributed by atoms with Crippen molar-refractivity contribution in [3.8, 4) is 0 Å². The Morgan fingerprint density at radius 2 is 1.93 bits per heavy atom. The normalized spacial score (nSPS) is 21.0. The number of aromatic nitrogens is 1. The molecule has 0 saturated heterocycles. The van der Waals surface area contributed by atoms with Gasteiger partial charge < -0.3 is 15.2 Å². The number of carbonyl (C=O) groups excluding carboxylic acids is 2. The van der Waals surface area contributed by atoms with E-state index in [2.05, 4.69) is 0 Å². The van der Waals surface area contributed by atoms with Crippen LogP contribution < -0.4 is 11.3 Å². The van der Waals surface area contributed by atoms with Gasteiger partial charge in [0.25, 0.3) is 11.5 Å². The topological polar surface area (TPSA) is 85.4 Å². The van der Waals surface area contributed by atoms with Crippen LogP contribution in [0, 0.1) is 11.3 Å². The maximum atomic E-state index is 12.9. The van der Waals surface area contributed by atoms with Gasteiger partial charge in [0.05, 0.1) is 0 Å². The van der Waals surface area contributed by atoms with Gasteiger partial charge in [-0.05, 0) is 54.2 Å². The Labute approximate surface area is 169 Å². The highest BCUT2D eigenvalue weighted by Gasteiger charge is 2.66. The summed E-state index contributed by atoms with van der Waals surface area (Å²) in [6.07, 6.45) is 6.40. The predicted octanol–water partition coefficient (Wildman–Crippen LogP) is 1.87. The van der Waals surface area contributed by atoms with Crippen molar-refractivity contribution in [1.82, 2.24) is 9.47 Å². The molecule has 2 aromatic rings. The minimum absolute atomic E-state index is 0.0905. The molecule has 2 saturated carbocycles. The zero-order valence-electron chi connectivity index (χ0n) is 16.4. The number of primary amides is 1. The summed E-state index contributed by atoms with van der Waals surface area (Å²) >= 11 is 0. The van der Waals surface area contributed by atoms with Crippen LogP contribution >= 0.6 is 0 Å². The third kappa shape index (κ3) is 3.16. The number of pyridine rings is 1. The smallest absolute Gasteiger partial charge is 0.263 e. The number of aryl methyl sites for hydroxylation is 2. The van der Waals surface area contributed by atoms with Crippen LogP contribution in [0.15, 0.2) is 41.3 Å². The molecule has 150 valence electrons. The van der Waals surface area contributed by atoms with E-state index in [1.807, 2.05) is 41.4 Å². The van der Waals surface area contributed by atoms with E-state index in [1.165, 1.54) is 12.8 Å². The molecule has 1 aromatic carbocycles. The third-order valence-corrected chi connectivity index (χ3v) is 6.89. The molecule has 1 aliphatic heterocycles. The van der Waals surface area contributed by atoms with Crippen molar-refractivity contribution >= 4 is 11.8 Å². The van der Waals surface area contributed by atoms with Gasteiger partial charge >= 0.3 is 0 Å². The number of fused-ring (bicyclic) bond motifs is 1. The molecule has 5 rings (SSSR count). The molecule has 6 nitrogen and oxygen atoms in total. The number of amides is 2. The molecule has 29 heavy (non-hydrogen) atoms. The van der Waals surface area contributed by atoms with Crippen molar-refractivity contribution in [3.63, 3.8) is 0 Å². The van der Waals surface area contributed by atoms with Gasteiger partial charge in [-0.15, -0.1) is 0 Å². The second kappa shape index (κ2) is 6.58. The van der Waals surface area contributed by atoms with Crippen molar-refractivity contribution < 1.29 is 9.59 Å². The molecule has 1 aromatic heterocycles. The molecule has 0 bridgehead atoms. The molecule has 1 spiro atoms. The van der Waals surface area contributed by atoms with Crippen LogP contribution in [0.4, 0.5) is 0 Å². The van der Waals surface area contributed by atoms with Crippen molar-refractivity contribution in [2.24, 2.45) is 17.1 Å². The Hall–Kier alpha value is -2.89. The lowest BCUT2D eigenvalue weighted by molar-refractivity contribution is -0.134. The molecule has 0 radical (unpaired) electrons. The zero-order valence-corrected chi connectivity index (χ0v) is 16.4. The molecule has 2 amide bonds. The van der Waals surface area contributed by atoms with Gasteiger partial charge in [-0.2, -0.15) is 0 Å². The fourth-order valence-corrected chi connectivity index (χ4v) is 4.84. The lowest BCUT2D eigenvalue weighted by Crippen LogP contribution is -2.41. The third-order valence-electron chi connectivity index (χ3n) is 6.89. The fraction of sp³-hybridized carbons (Fsp3) is 0.435. The van der Waals surface area contributed by atoms with Crippen LogP contribution in [0.25, 0.3) is 0 Å². The maximum Gasteiger partial charge on any atom is 0.263 e. The van der Waals surface area contributed by atoms with Crippen LogP contribution in [0.1, 0.15) is 46.3 Å². The lowest BCUT2D eigenvalue weighted by Gasteiger charge is -2.30. The van der Waals surface area contributed by atoms with Crippen LogP contribution in [0.3, 0.4) is 0 Å². The summed E-state index contributed by atoms with van der Waals surface area (Å²) in [4.78, 5) is 39.8. The van der Waals surface area contributed by atoms with Crippen LogP contribution in [-0.4, -0.2) is 27.8 Å². The Bertz CT molecular complexity index is 1050. The van der Waals surface area contributed by atoms with E-state index in [0.717, 1.165) is 23.1 Å². The van der Waals surface area contributed by atoms with Gasteiger partial charge in [-0.3, -0.25) is 14.4 Å². The molecule has 2 aliphatic carbocycles. The molecule has 1 atom stereocenters. The lowest BCUT2D eigenvalue weighted by atomic mass is 9.95. The predicted molar refractivity (Wildman–Crippen MR) is 108 cm³/mol. The monoisotopic (exact) mass is 391 g/mol. The van der Waals surface area contributed by atoms with Gasteiger partial charge in [-0.1, -0.05) is 30.3 Å². The Morgan fingerprint density at radius 1 is 1.17 bits per heavy atom. The van der Waals surface area contributed by atoms with E-state index in [9.17, 15) is 14.4 Å². The Kier molecular flexibility index (Phi) is 4.12. The highest BCUT2D eigenvalue weighted by atomic mass is 16.2. The summed E-state index contributed by atoms with van der Waals surface area (Å²) in [6.45, 7) is 1.47. The van der Waals surface area contributed by atoms with Gasteiger partial charge in [0, 0.05) is 31.7 Å². The quantitative estimate of drug-likeness (QED) is 0.844. The molecule has 2 N–H and O–H groups in total. The highest BCUT2D eigenvalue weighted by molar-refractivity contribution is 5.94. The summed E-state index contributed by atoms with van der Waals surface area (Å²) in [7, 11) is 0. The van der Waals surface area contributed by atoms with E-state index in [1.54, 1.807) is 4.57 Å². The van der Waals surface area contributed by atoms with Crippen molar-refractivity contribution in [2.75, 3.05) is 6.54 Å². The summed E-state index contributed by atoms with van der Waals surface area (Å²) in [6, 6.07) is 9.92. The second-order valence-electron chi connectivity index (χ2n) is 8.74. The first-order valence-electron chi connectivity index (χ1n) is 10.4. The Balaban J connectivity index is 1.42. The molecule has 2 fully saturated rings. The number of hydrogen-bond acceptors (Lipinski definition) is 3. The molecular weight excluding hydrogens is 366 g/mol. The largest absolute Gasteiger partial charge is 0.365 e.